The van der Waals surface area contributed by atoms with Crippen molar-refractivity contribution in [3.05, 3.63) is 107 Å². The third-order valence-electron chi connectivity index (χ3n) is 15.7. The molecule has 0 bridgehead atoms. The third-order valence-corrected chi connectivity index (χ3v) is 15.7. The Hall–Kier alpha value is -3.30. The molecular weight excluding hydrogens is 789 g/mol. The highest BCUT2D eigenvalue weighted by Crippen LogP contribution is 2.47. The maximum atomic E-state index is 7.82. The Balaban J connectivity index is 1.22. The van der Waals surface area contributed by atoms with Crippen molar-refractivity contribution >= 4 is 0 Å². The molecule has 3 heteroatoms. The van der Waals surface area contributed by atoms with E-state index in [1.54, 1.807) is 0 Å². The van der Waals surface area contributed by atoms with Crippen molar-refractivity contribution in [3.8, 4) is 22.5 Å². The van der Waals surface area contributed by atoms with Gasteiger partial charge in [-0.25, -0.2) is 0 Å². The third kappa shape index (κ3) is 17.1. The van der Waals surface area contributed by atoms with Gasteiger partial charge in [0.1, 0.15) is 0 Å². The molecule has 6 rings (SSSR count). The molecule has 2 fully saturated rings. The zero-order chi connectivity index (χ0) is 45.3. The van der Waals surface area contributed by atoms with Crippen LogP contribution in [0.2, 0.25) is 0 Å². The number of unbranched alkanes of at least 4 members (excludes halogenated alkanes) is 14. The van der Waals surface area contributed by atoms with Gasteiger partial charge in [0.2, 0.25) is 0 Å². The minimum absolute atomic E-state index is 0.0838. The van der Waals surface area contributed by atoms with E-state index in [9.17, 15) is 0 Å². The molecule has 2 heterocycles. The van der Waals surface area contributed by atoms with Crippen LogP contribution in [-0.4, -0.2) is 9.97 Å². The molecule has 4 aromatic rings. The molecule has 0 saturated heterocycles. The largest absolute Gasteiger partial charge is 0.365 e. The molecule has 0 aliphatic heterocycles. The summed E-state index contributed by atoms with van der Waals surface area (Å²) in [5, 5.41) is 0. The molecule has 0 amide bonds. The lowest BCUT2D eigenvalue weighted by Gasteiger charge is -2.40. The number of aromatic nitrogens is 2. The second kappa shape index (κ2) is 29.5. The van der Waals surface area contributed by atoms with E-state index in [1.165, 1.54) is 213 Å². The highest BCUT2D eigenvalue weighted by atomic mass is 16.5. The van der Waals surface area contributed by atoms with Gasteiger partial charge >= 0.3 is 0 Å². The summed E-state index contributed by atoms with van der Waals surface area (Å²) < 4.78 is 7.82. The summed E-state index contributed by atoms with van der Waals surface area (Å²) in [6.07, 6.45) is 44.1. The Labute approximate surface area is 399 Å². The number of rotatable bonds is 30. The van der Waals surface area contributed by atoms with Crippen LogP contribution in [0, 0.1) is 23.7 Å². The summed E-state index contributed by atoms with van der Waals surface area (Å²) in [7, 11) is 0. The van der Waals surface area contributed by atoms with Crippen LogP contribution in [0.4, 0.5) is 0 Å². The predicted molar refractivity (Wildman–Crippen MR) is 279 cm³/mol. The molecular formula is C62H92N2O. The van der Waals surface area contributed by atoms with Crippen LogP contribution < -0.4 is 0 Å². The van der Waals surface area contributed by atoms with Crippen LogP contribution in [0.3, 0.4) is 0 Å². The van der Waals surface area contributed by atoms with Crippen molar-refractivity contribution in [3.63, 3.8) is 0 Å². The van der Waals surface area contributed by atoms with Crippen molar-refractivity contribution in [1.29, 1.82) is 0 Å². The van der Waals surface area contributed by atoms with E-state index >= 15 is 0 Å². The number of pyridine rings is 2. The Bertz CT molecular complexity index is 1660. The first-order valence-corrected chi connectivity index (χ1v) is 27.8. The summed E-state index contributed by atoms with van der Waals surface area (Å²) in [6.45, 7) is 9.22. The van der Waals surface area contributed by atoms with Crippen LogP contribution in [-0.2, 0) is 17.6 Å². The lowest BCUT2D eigenvalue weighted by molar-refractivity contribution is -0.0907. The number of ether oxygens (including phenoxy) is 1. The van der Waals surface area contributed by atoms with Gasteiger partial charge in [0.05, 0.1) is 23.6 Å². The molecule has 2 unspecified atom stereocenters. The second-order valence-electron chi connectivity index (χ2n) is 20.9. The van der Waals surface area contributed by atoms with E-state index in [4.69, 9.17) is 14.7 Å². The SMILES string of the molecule is CCCCCCC[C@H]1CC[C@H](C(OC(c2ccc(-c3ccc(CCCCCC)cn3)cc2)[C@H]2CC[C@H](CCCCCCC)CC2)c2ccc(-c3ccc(CCCCCC)cn3)cc2)CC1. The molecule has 2 atom stereocenters. The van der Waals surface area contributed by atoms with Gasteiger partial charge in [-0.2, -0.15) is 0 Å². The number of nitrogens with zero attached hydrogens (tertiary/aromatic N) is 2. The molecule has 0 N–H and O–H groups in total. The molecule has 3 nitrogen and oxygen atoms in total. The number of hydrogen-bond acceptors (Lipinski definition) is 3. The van der Waals surface area contributed by atoms with Crippen molar-refractivity contribution in [2.75, 3.05) is 0 Å². The molecule has 65 heavy (non-hydrogen) atoms. The predicted octanol–water partition coefficient (Wildman–Crippen LogP) is 19.2. The standard InChI is InChI=1S/C62H92N2O/c1-5-9-13-17-21-23-49-27-33-55(34-28-49)61(57-41-37-53(38-42-57)59-45-31-51(47-63-59)25-19-15-11-7-3)65-62(56-35-29-50(30-36-56)24-22-18-14-10-6-2)58-43-39-54(40-44-58)60-46-32-52(48-64-60)26-20-16-12-8-4/h31-32,37-50,55-56,61-62H,5-30,33-36H2,1-4H3/t49-,50-,55-,56-,61?,62?. The van der Waals surface area contributed by atoms with Gasteiger partial charge in [0.15, 0.2) is 0 Å². The van der Waals surface area contributed by atoms with Crippen molar-refractivity contribution in [1.82, 2.24) is 9.97 Å². The van der Waals surface area contributed by atoms with Crippen molar-refractivity contribution in [2.45, 2.75) is 233 Å². The van der Waals surface area contributed by atoms with Crippen molar-refractivity contribution < 1.29 is 4.74 Å². The van der Waals surface area contributed by atoms with Crippen LogP contribution in [0.5, 0.6) is 0 Å². The summed E-state index contributed by atoms with van der Waals surface area (Å²) in [5.74, 6) is 2.82. The van der Waals surface area contributed by atoms with Crippen LogP contribution in [0.15, 0.2) is 85.2 Å². The summed E-state index contributed by atoms with van der Waals surface area (Å²) in [6, 6.07) is 28.0. The zero-order valence-corrected chi connectivity index (χ0v) is 42.1. The minimum Gasteiger partial charge on any atom is -0.365 e. The van der Waals surface area contributed by atoms with Gasteiger partial charge in [-0.05, 0) is 109 Å². The molecule has 2 aliphatic carbocycles. The van der Waals surface area contributed by atoms with Gasteiger partial charge in [-0.3, -0.25) is 9.97 Å². The van der Waals surface area contributed by atoms with Crippen LogP contribution in [0.25, 0.3) is 22.5 Å². The van der Waals surface area contributed by atoms with Gasteiger partial charge in [0, 0.05) is 23.5 Å². The molecule has 2 aromatic heterocycles. The van der Waals surface area contributed by atoms with Gasteiger partial charge in [0.25, 0.3) is 0 Å². The first-order valence-electron chi connectivity index (χ1n) is 27.8. The van der Waals surface area contributed by atoms with E-state index in [2.05, 4.69) is 113 Å². The molecule has 0 spiro atoms. The fourth-order valence-corrected chi connectivity index (χ4v) is 11.4. The lowest BCUT2D eigenvalue weighted by Crippen LogP contribution is -2.28. The quantitative estimate of drug-likeness (QED) is 0.0490. The molecule has 2 aliphatic rings. The molecule has 0 radical (unpaired) electrons. The first-order chi connectivity index (χ1) is 32.1. The lowest BCUT2D eigenvalue weighted by atomic mass is 9.74. The zero-order valence-electron chi connectivity index (χ0n) is 42.1. The molecule has 2 aromatic carbocycles. The highest BCUT2D eigenvalue weighted by molar-refractivity contribution is 5.60. The summed E-state index contributed by atoms with van der Waals surface area (Å²) in [4.78, 5) is 9.93. The fraction of sp³-hybridized carbons (Fsp3) is 0.645. The fourth-order valence-electron chi connectivity index (χ4n) is 11.4. The van der Waals surface area contributed by atoms with Crippen LogP contribution >= 0.6 is 0 Å². The van der Waals surface area contributed by atoms with Gasteiger partial charge in [-0.15, -0.1) is 0 Å². The maximum Gasteiger partial charge on any atom is 0.0861 e. The van der Waals surface area contributed by atoms with E-state index < -0.39 is 0 Å². The van der Waals surface area contributed by atoms with E-state index in [0.29, 0.717) is 11.8 Å². The van der Waals surface area contributed by atoms with Crippen LogP contribution in [0.1, 0.15) is 242 Å². The summed E-state index contributed by atoms with van der Waals surface area (Å²) >= 11 is 0. The Morgan fingerprint density at radius 1 is 0.400 bits per heavy atom. The number of aryl methyl sites for hydroxylation is 2. The Kier molecular flexibility index (Phi) is 23.2. The first kappa shape index (κ1) is 51.1. The second-order valence-corrected chi connectivity index (χ2v) is 20.9. The van der Waals surface area contributed by atoms with E-state index in [-0.39, 0.29) is 12.2 Å². The number of benzene rings is 2. The van der Waals surface area contributed by atoms with E-state index in [1.807, 2.05) is 0 Å². The topological polar surface area (TPSA) is 35.0 Å². The van der Waals surface area contributed by atoms with E-state index in [0.717, 1.165) is 36.1 Å². The average Bonchev–Trinajstić information content (AvgIpc) is 3.36. The van der Waals surface area contributed by atoms with Gasteiger partial charge in [-0.1, -0.05) is 230 Å². The average molecular weight is 881 g/mol. The van der Waals surface area contributed by atoms with Gasteiger partial charge < -0.3 is 4.74 Å². The Morgan fingerprint density at radius 3 is 1.09 bits per heavy atom. The smallest absolute Gasteiger partial charge is 0.0861 e. The minimum atomic E-state index is 0.0838. The maximum absolute atomic E-state index is 7.82. The van der Waals surface area contributed by atoms with Crippen molar-refractivity contribution in [2.24, 2.45) is 23.7 Å². The Morgan fingerprint density at radius 2 is 0.754 bits per heavy atom. The summed E-state index contributed by atoms with van der Waals surface area (Å²) in [5.41, 5.74) is 9.97. The molecule has 2 saturated carbocycles. The normalized spacial score (nSPS) is 19.9. The molecule has 356 valence electrons. The monoisotopic (exact) mass is 881 g/mol. The number of hydrogen-bond donors (Lipinski definition) is 0. The highest BCUT2D eigenvalue weighted by Gasteiger charge is 2.36.